The maximum absolute atomic E-state index is 10.3. The number of nitrogens with zero attached hydrogens (tertiary/aromatic N) is 1. The normalized spacial score (nSPS) is 8.62. The van der Waals surface area contributed by atoms with Crippen LogP contribution < -0.4 is 5.73 Å². The number of aldehydes is 1. The molecule has 5 heteroatoms. The van der Waals surface area contributed by atoms with E-state index < -0.39 is 0 Å². The van der Waals surface area contributed by atoms with Crippen LogP contribution in [0.2, 0.25) is 10.3 Å². The van der Waals surface area contributed by atoms with Crippen LogP contribution in [0.1, 0.15) is 24.2 Å². The SMILES string of the molecule is CC.Nc1c(C=O)cc(Cl)nc1Cl. The highest BCUT2D eigenvalue weighted by molar-refractivity contribution is 6.34. The number of pyridine rings is 1. The molecule has 3 nitrogen and oxygen atoms in total. The predicted molar refractivity (Wildman–Crippen MR) is 55.4 cm³/mol. The maximum Gasteiger partial charge on any atom is 0.154 e. The number of carbonyl (C=O) groups excluding carboxylic acids is 1. The third-order valence-electron chi connectivity index (χ3n) is 1.14. The molecule has 0 aliphatic carbocycles. The van der Waals surface area contributed by atoms with Gasteiger partial charge >= 0.3 is 0 Å². The number of rotatable bonds is 1. The summed E-state index contributed by atoms with van der Waals surface area (Å²) >= 11 is 11.0. The van der Waals surface area contributed by atoms with Gasteiger partial charge in [0.2, 0.25) is 0 Å². The van der Waals surface area contributed by atoms with Gasteiger partial charge in [-0.2, -0.15) is 0 Å². The molecule has 0 fully saturated rings. The molecule has 1 rings (SSSR count). The molecule has 2 N–H and O–H groups in total. The van der Waals surface area contributed by atoms with E-state index in [-0.39, 0.29) is 21.6 Å². The third kappa shape index (κ3) is 3.20. The summed E-state index contributed by atoms with van der Waals surface area (Å²) in [6.45, 7) is 4.00. The number of anilines is 1. The Labute approximate surface area is 86.9 Å². The van der Waals surface area contributed by atoms with Crippen LogP contribution >= 0.6 is 23.2 Å². The number of hydrogen-bond acceptors (Lipinski definition) is 3. The second kappa shape index (κ2) is 5.78. The molecule has 0 spiro atoms. The molecular formula is C8H10Cl2N2O. The topological polar surface area (TPSA) is 56.0 Å². The lowest BCUT2D eigenvalue weighted by molar-refractivity contribution is 0.112. The minimum atomic E-state index is 0.0552. The van der Waals surface area contributed by atoms with Crippen LogP contribution in [0.5, 0.6) is 0 Å². The van der Waals surface area contributed by atoms with Crippen LogP contribution in [0.3, 0.4) is 0 Å². The fourth-order valence-electron chi connectivity index (χ4n) is 0.609. The molecule has 0 amide bonds. The summed E-state index contributed by atoms with van der Waals surface area (Å²) in [5.74, 6) is 0. The van der Waals surface area contributed by atoms with Crippen molar-refractivity contribution in [3.8, 4) is 0 Å². The van der Waals surface area contributed by atoms with E-state index in [9.17, 15) is 4.79 Å². The van der Waals surface area contributed by atoms with Gasteiger partial charge in [0.15, 0.2) is 11.4 Å². The van der Waals surface area contributed by atoms with Gasteiger partial charge in [0.1, 0.15) is 5.15 Å². The lowest BCUT2D eigenvalue weighted by Gasteiger charge is -1.99. The van der Waals surface area contributed by atoms with Crippen molar-refractivity contribution in [1.82, 2.24) is 4.98 Å². The monoisotopic (exact) mass is 220 g/mol. The van der Waals surface area contributed by atoms with E-state index in [4.69, 9.17) is 28.9 Å². The zero-order valence-electron chi connectivity index (χ0n) is 7.34. The third-order valence-corrected chi connectivity index (χ3v) is 1.62. The lowest BCUT2D eigenvalue weighted by Crippen LogP contribution is -1.95. The molecule has 0 unspecified atom stereocenters. The van der Waals surface area contributed by atoms with E-state index in [0.717, 1.165) is 0 Å². The number of nitrogen functional groups attached to an aromatic ring is 1. The molecule has 0 radical (unpaired) electrons. The lowest BCUT2D eigenvalue weighted by atomic mass is 10.2. The number of aromatic nitrogens is 1. The number of nitrogens with two attached hydrogens (primary N) is 1. The van der Waals surface area contributed by atoms with Crippen molar-refractivity contribution in [2.45, 2.75) is 13.8 Å². The molecule has 0 aliphatic rings. The van der Waals surface area contributed by atoms with Crippen molar-refractivity contribution in [1.29, 1.82) is 0 Å². The molecule has 0 bridgehead atoms. The number of carbonyl (C=O) groups is 1. The van der Waals surface area contributed by atoms with Gasteiger partial charge in [-0.25, -0.2) is 4.98 Å². The summed E-state index contributed by atoms with van der Waals surface area (Å²) in [4.78, 5) is 13.9. The summed E-state index contributed by atoms with van der Waals surface area (Å²) in [6.07, 6.45) is 0.578. The van der Waals surface area contributed by atoms with E-state index in [0.29, 0.717) is 6.29 Å². The van der Waals surface area contributed by atoms with Gasteiger partial charge in [-0.05, 0) is 6.07 Å². The van der Waals surface area contributed by atoms with E-state index in [2.05, 4.69) is 4.98 Å². The van der Waals surface area contributed by atoms with Gasteiger partial charge in [-0.1, -0.05) is 37.0 Å². The van der Waals surface area contributed by atoms with Crippen LogP contribution in [-0.4, -0.2) is 11.3 Å². The maximum atomic E-state index is 10.3. The summed E-state index contributed by atoms with van der Waals surface area (Å²) in [5, 5.41) is 0.214. The molecule has 0 aromatic carbocycles. The fourth-order valence-corrected chi connectivity index (χ4v) is 1.05. The van der Waals surface area contributed by atoms with Gasteiger partial charge < -0.3 is 5.73 Å². The minimum absolute atomic E-state index is 0.0552. The van der Waals surface area contributed by atoms with Gasteiger partial charge in [0, 0.05) is 5.56 Å². The number of hydrogen-bond donors (Lipinski definition) is 1. The van der Waals surface area contributed by atoms with E-state index >= 15 is 0 Å². The molecule has 1 aromatic heterocycles. The fraction of sp³-hybridized carbons (Fsp3) is 0.250. The first kappa shape index (κ1) is 12.2. The van der Waals surface area contributed by atoms with Crippen LogP contribution in [0.4, 0.5) is 5.69 Å². The first-order valence-electron chi connectivity index (χ1n) is 3.72. The second-order valence-electron chi connectivity index (χ2n) is 1.86. The quantitative estimate of drug-likeness (QED) is 0.585. The average Bonchev–Trinajstić information content (AvgIpc) is 2.14. The van der Waals surface area contributed by atoms with E-state index in [1.54, 1.807) is 0 Å². The minimum Gasteiger partial charge on any atom is -0.396 e. The zero-order chi connectivity index (χ0) is 10.4. The number of halogens is 2. The van der Waals surface area contributed by atoms with Gasteiger partial charge in [0.05, 0.1) is 5.69 Å². The molecule has 0 saturated heterocycles. The average molecular weight is 221 g/mol. The molecule has 0 aliphatic heterocycles. The smallest absolute Gasteiger partial charge is 0.154 e. The molecule has 13 heavy (non-hydrogen) atoms. The van der Waals surface area contributed by atoms with Gasteiger partial charge in [-0.3, -0.25) is 4.79 Å². The Hall–Kier alpha value is -0.800. The molecule has 1 aromatic rings. The highest BCUT2D eigenvalue weighted by Crippen LogP contribution is 2.22. The zero-order valence-corrected chi connectivity index (χ0v) is 8.86. The molecule has 72 valence electrons. The van der Waals surface area contributed by atoms with Gasteiger partial charge in [-0.15, -0.1) is 0 Å². The Bertz CT molecular complexity index is 302. The summed E-state index contributed by atoms with van der Waals surface area (Å²) < 4.78 is 0. The van der Waals surface area contributed by atoms with Crippen molar-refractivity contribution < 1.29 is 4.79 Å². The summed E-state index contributed by atoms with van der Waals surface area (Å²) in [7, 11) is 0. The standard InChI is InChI=1S/C6H4Cl2N2O.C2H6/c7-4-1-3(2-11)5(9)6(8)10-4;1-2/h1-2H,9H2;1-2H3. The predicted octanol–water partition coefficient (Wildman–Crippen LogP) is 2.81. The highest BCUT2D eigenvalue weighted by atomic mass is 35.5. The summed E-state index contributed by atoms with van der Waals surface area (Å²) in [5.41, 5.74) is 5.80. The second-order valence-corrected chi connectivity index (χ2v) is 2.60. The molecule has 1 heterocycles. The van der Waals surface area contributed by atoms with Gasteiger partial charge in [0.25, 0.3) is 0 Å². The Morgan fingerprint density at radius 2 is 2.00 bits per heavy atom. The van der Waals surface area contributed by atoms with Crippen molar-refractivity contribution in [2.75, 3.05) is 5.73 Å². The van der Waals surface area contributed by atoms with Crippen molar-refractivity contribution in [3.63, 3.8) is 0 Å². The first-order chi connectivity index (χ1) is 6.15. The van der Waals surface area contributed by atoms with E-state index in [1.807, 2.05) is 13.8 Å². The van der Waals surface area contributed by atoms with Crippen LogP contribution in [0, 0.1) is 0 Å². The Morgan fingerprint density at radius 3 is 2.46 bits per heavy atom. The first-order valence-corrected chi connectivity index (χ1v) is 4.47. The van der Waals surface area contributed by atoms with Crippen LogP contribution in [-0.2, 0) is 0 Å². The molecule has 0 saturated carbocycles. The Balaban J connectivity index is 0.000000671. The Kier molecular flexibility index (Phi) is 5.42. The summed E-state index contributed by atoms with van der Waals surface area (Å²) in [6, 6.07) is 1.36. The van der Waals surface area contributed by atoms with Crippen LogP contribution in [0.25, 0.3) is 0 Å². The highest BCUT2D eigenvalue weighted by Gasteiger charge is 2.05. The van der Waals surface area contributed by atoms with Crippen molar-refractivity contribution in [2.24, 2.45) is 0 Å². The van der Waals surface area contributed by atoms with E-state index in [1.165, 1.54) is 6.07 Å². The van der Waals surface area contributed by atoms with Crippen molar-refractivity contribution in [3.05, 3.63) is 21.9 Å². The molecular weight excluding hydrogens is 211 g/mol. The largest absolute Gasteiger partial charge is 0.396 e. The molecule has 0 atom stereocenters. The van der Waals surface area contributed by atoms with Crippen molar-refractivity contribution >= 4 is 35.2 Å². The Morgan fingerprint density at radius 1 is 1.46 bits per heavy atom. The van der Waals surface area contributed by atoms with Crippen LogP contribution in [0.15, 0.2) is 6.07 Å².